The second-order valence-corrected chi connectivity index (χ2v) is 6.68. The van der Waals surface area contributed by atoms with Crippen LogP contribution in [0, 0.1) is 10.1 Å². The summed E-state index contributed by atoms with van der Waals surface area (Å²) in [5.74, 6) is 1.05. The van der Waals surface area contributed by atoms with Gasteiger partial charge in [-0.2, -0.15) is 5.10 Å². The number of anilines is 1. The SMILES string of the molecule is O=[N+]([O-])c1ccc(-c2ccc(C=NNC(=S)Nc3ccc(Cl)c(Cl)c3)o2)cc1. The maximum absolute atomic E-state index is 10.7. The van der Waals surface area contributed by atoms with Crippen LogP contribution in [0.15, 0.2) is 64.1 Å². The van der Waals surface area contributed by atoms with Crippen LogP contribution in [0.5, 0.6) is 0 Å². The lowest BCUT2D eigenvalue weighted by Gasteiger charge is -2.07. The monoisotopic (exact) mass is 434 g/mol. The van der Waals surface area contributed by atoms with Gasteiger partial charge < -0.3 is 9.73 Å². The molecule has 0 aliphatic carbocycles. The van der Waals surface area contributed by atoms with Crippen molar-refractivity contribution in [1.29, 1.82) is 0 Å². The zero-order chi connectivity index (χ0) is 20.1. The second kappa shape index (κ2) is 8.83. The van der Waals surface area contributed by atoms with E-state index in [0.29, 0.717) is 27.3 Å². The minimum absolute atomic E-state index is 0.0179. The quantitative estimate of drug-likeness (QED) is 0.239. The molecule has 0 saturated heterocycles. The van der Waals surface area contributed by atoms with Crippen molar-refractivity contribution < 1.29 is 9.34 Å². The highest BCUT2D eigenvalue weighted by Crippen LogP contribution is 2.25. The first-order valence-corrected chi connectivity index (χ1v) is 8.98. The molecule has 3 aromatic rings. The summed E-state index contributed by atoms with van der Waals surface area (Å²) in [4.78, 5) is 10.2. The van der Waals surface area contributed by atoms with E-state index < -0.39 is 4.92 Å². The molecule has 142 valence electrons. The summed E-state index contributed by atoms with van der Waals surface area (Å²) in [6.07, 6.45) is 1.46. The molecule has 0 radical (unpaired) electrons. The number of hydrogen-bond acceptors (Lipinski definition) is 5. The summed E-state index contributed by atoms with van der Waals surface area (Å²) in [5, 5.41) is 18.7. The average molecular weight is 435 g/mol. The highest BCUT2D eigenvalue weighted by molar-refractivity contribution is 7.80. The van der Waals surface area contributed by atoms with Crippen LogP contribution < -0.4 is 10.7 Å². The largest absolute Gasteiger partial charge is 0.455 e. The molecule has 0 bridgehead atoms. The number of hydrazone groups is 1. The summed E-state index contributed by atoms with van der Waals surface area (Å²) in [7, 11) is 0. The van der Waals surface area contributed by atoms with Crippen molar-refractivity contribution in [3.63, 3.8) is 0 Å². The van der Waals surface area contributed by atoms with Crippen LogP contribution in [0.3, 0.4) is 0 Å². The third-order valence-corrected chi connectivity index (χ3v) is 4.46. The molecule has 1 heterocycles. The summed E-state index contributed by atoms with van der Waals surface area (Å²) in [6, 6.07) is 14.6. The van der Waals surface area contributed by atoms with Gasteiger partial charge in [-0.3, -0.25) is 15.5 Å². The van der Waals surface area contributed by atoms with E-state index in [1.165, 1.54) is 18.3 Å². The van der Waals surface area contributed by atoms with Gasteiger partial charge in [-0.1, -0.05) is 23.2 Å². The molecule has 2 aromatic carbocycles. The fourth-order valence-electron chi connectivity index (χ4n) is 2.21. The molecule has 0 amide bonds. The van der Waals surface area contributed by atoms with Crippen LogP contribution in [0.1, 0.15) is 5.76 Å². The number of rotatable bonds is 5. The van der Waals surface area contributed by atoms with Crippen molar-refractivity contribution in [1.82, 2.24) is 5.43 Å². The van der Waals surface area contributed by atoms with Gasteiger partial charge in [0.25, 0.3) is 5.69 Å². The van der Waals surface area contributed by atoms with E-state index in [0.717, 1.165) is 5.56 Å². The number of benzene rings is 2. The predicted octanol–water partition coefficient (Wildman–Crippen LogP) is 5.48. The lowest BCUT2D eigenvalue weighted by molar-refractivity contribution is -0.384. The molecular formula is C18H12Cl2N4O3S. The smallest absolute Gasteiger partial charge is 0.269 e. The third kappa shape index (κ3) is 5.07. The molecule has 0 atom stereocenters. The van der Waals surface area contributed by atoms with E-state index in [1.807, 2.05) is 0 Å². The van der Waals surface area contributed by atoms with Crippen LogP contribution in [-0.4, -0.2) is 16.3 Å². The first-order valence-electron chi connectivity index (χ1n) is 7.82. The first-order chi connectivity index (χ1) is 13.4. The first kappa shape index (κ1) is 19.8. The van der Waals surface area contributed by atoms with Gasteiger partial charge in [0.1, 0.15) is 11.5 Å². The van der Waals surface area contributed by atoms with Crippen molar-refractivity contribution in [3.05, 3.63) is 80.5 Å². The number of furan rings is 1. The molecule has 0 saturated carbocycles. The van der Waals surface area contributed by atoms with Gasteiger partial charge in [-0.15, -0.1) is 0 Å². The molecule has 7 nitrogen and oxygen atoms in total. The number of thiocarbonyl (C=S) groups is 1. The van der Waals surface area contributed by atoms with Crippen LogP contribution in [0.4, 0.5) is 11.4 Å². The van der Waals surface area contributed by atoms with Gasteiger partial charge in [0.15, 0.2) is 5.11 Å². The van der Waals surface area contributed by atoms with Gasteiger partial charge in [0, 0.05) is 23.4 Å². The van der Waals surface area contributed by atoms with Gasteiger partial charge in [0.05, 0.1) is 21.2 Å². The van der Waals surface area contributed by atoms with E-state index in [4.69, 9.17) is 39.8 Å². The Kier molecular flexibility index (Phi) is 6.25. The fourth-order valence-corrected chi connectivity index (χ4v) is 2.68. The summed E-state index contributed by atoms with van der Waals surface area (Å²) in [6.45, 7) is 0. The Morgan fingerprint density at radius 2 is 1.86 bits per heavy atom. The number of hydrogen-bond donors (Lipinski definition) is 2. The number of halogens is 2. The Morgan fingerprint density at radius 3 is 2.54 bits per heavy atom. The number of nitro benzene ring substituents is 1. The number of nitrogens with zero attached hydrogens (tertiary/aromatic N) is 2. The molecule has 10 heteroatoms. The Hall–Kier alpha value is -2.94. The maximum atomic E-state index is 10.7. The van der Waals surface area contributed by atoms with E-state index in [9.17, 15) is 10.1 Å². The molecule has 28 heavy (non-hydrogen) atoms. The van der Waals surface area contributed by atoms with Gasteiger partial charge in [-0.25, -0.2) is 0 Å². The van der Waals surface area contributed by atoms with Crippen molar-refractivity contribution in [2.75, 3.05) is 5.32 Å². The van der Waals surface area contributed by atoms with E-state index in [-0.39, 0.29) is 10.8 Å². The Balaban J connectivity index is 1.58. The third-order valence-electron chi connectivity index (χ3n) is 3.52. The van der Waals surface area contributed by atoms with Crippen molar-refractivity contribution in [2.24, 2.45) is 5.10 Å². The fraction of sp³-hybridized carbons (Fsp3) is 0. The lowest BCUT2D eigenvalue weighted by Crippen LogP contribution is -2.23. The summed E-state index contributed by atoms with van der Waals surface area (Å²) < 4.78 is 5.64. The molecule has 0 fully saturated rings. The van der Waals surface area contributed by atoms with E-state index >= 15 is 0 Å². The molecule has 0 aliphatic heterocycles. The minimum Gasteiger partial charge on any atom is -0.455 e. The molecule has 0 unspecified atom stereocenters. The topological polar surface area (TPSA) is 92.7 Å². The van der Waals surface area contributed by atoms with E-state index in [1.54, 1.807) is 42.5 Å². The number of nitrogens with one attached hydrogen (secondary N) is 2. The highest BCUT2D eigenvalue weighted by Gasteiger charge is 2.08. The van der Waals surface area contributed by atoms with Crippen LogP contribution in [0.25, 0.3) is 11.3 Å². The predicted molar refractivity (Wildman–Crippen MR) is 114 cm³/mol. The molecule has 0 spiro atoms. The maximum Gasteiger partial charge on any atom is 0.269 e. The number of nitro groups is 1. The molecule has 1 aromatic heterocycles. The standard InChI is InChI=1S/C18H12Cl2N4O3S/c19-15-7-3-12(9-16(15)20)22-18(28)23-21-10-14-6-8-17(27-14)11-1-4-13(5-2-11)24(25)26/h1-10H,(H2,22,23,28). The van der Waals surface area contributed by atoms with Crippen LogP contribution in [-0.2, 0) is 0 Å². The summed E-state index contributed by atoms with van der Waals surface area (Å²) >= 11 is 17.0. The Bertz CT molecular complexity index is 1050. The van der Waals surface area contributed by atoms with Crippen LogP contribution in [0.2, 0.25) is 10.0 Å². The van der Waals surface area contributed by atoms with Crippen molar-refractivity contribution in [3.8, 4) is 11.3 Å². The van der Waals surface area contributed by atoms with Gasteiger partial charge in [-0.05, 0) is 54.7 Å². The molecule has 2 N–H and O–H groups in total. The second-order valence-electron chi connectivity index (χ2n) is 5.46. The van der Waals surface area contributed by atoms with Gasteiger partial charge in [0.2, 0.25) is 0 Å². The van der Waals surface area contributed by atoms with Crippen molar-refractivity contribution >= 4 is 58.1 Å². The van der Waals surface area contributed by atoms with E-state index in [2.05, 4.69) is 15.8 Å². The zero-order valence-electron chi connectivity index (χ0n) is 14.1. The average Bonchev–Trinajstić information content (AvgIpc) is 3.14. The molecule has 0 aliphatic rings. The van der Waals surface area contributed by atoms with Crippen molar-refractivity contribution in [2.45, 2.75) is 0 Å². The van der Waals surface area contributed by atoms with Gasteiger partial charge >= 0.3 is 0 Å². The van der Waals surface area contributed by atoms with Crippen LogP contribution >= 0.6 is 35.4 Å². The lowest BCUT2D eigenvalue weighted by atomic mass is 10.1. The summed E-state index contributed by atoms with van der Waals surface area (Å²) in [5.41, 5.74) is 4.06. The Morgan fingerprint density at radius 1 is 1.11 bits per heavy atom. The normalized spacial score (nSPS) is 10.8. The zero-order valence-corrected chi connectivity index (χ0v) is 16.4. The highest BCUT2D eigenvalue weighted by atomic mass is 35.5. The number of non-ortho nitro benzene ring substituents is 1. The Labute approximate surface area is 175 Å². The molecule has 3 rings (SSSR count). The molecular weight excluding hydrogens is 423 g/mol. The minimum atomic E-state index is -0.454.